The van der Waals surface area contributed by atoms with Crippen LogP contribution in [0.5, 0.6) is 0 Å². The number of hydrogen-bond donors (Lipinski definition) is 2. The molecule has 0 aromatic heterocycles. The first-order valence-corrected chi connectivity index (χ1v) is 7.91. The van der Waals surface area contributed by atoms with Crippen LogP contribution in [0, 0.1) is 0 Å². The van der Waals surface area contributed by atoms with Gasteiger partial charge < -0.3 is 4.55 Å². The lowest BCUT2D eigenvalue weighted by molar-refractivity contribution is 0.0906. The van der Waals surface area contributed by atoms with Crippen molar-refractivity contribution in [1.82, 2.24) is 4.89 Å². The maximum atomic E-state index is 11.8. The molecular weight excluding hydrogens is 278 g/mol. The largest absolute Gasteiger partial charge is 0.302 e. The highest BCUT2D eigenvalue weighted by Gasteiger charge is 2.20. The predicted octanol–water partition coefficient (Wildman–Crippen LogP) is 1.28. The fraction of sp³-hybridized carbons (Fsp3) is 0.400. The number of nitrogens with one attached hydrogen (secondary N) is 1. The lowest BCUT2D eigenvalue weighted by Gasteiger charge is -2.09. The van der Waals surface area contributed by atoms with Crippen molar-refractivity contribution in [1.29, 1.82) is 0 Å². The molecule has 0 saturated heterocycles. The van der Waals surface area contributed by atoms with Gasteiger partial charge in [-0.05, 0) is 18.6 Å². The average Bonchev–Trinajstić information content (AvgIpc) is 2.35. The van der Waals surface area contributed by atoms with Crippen molar-refractivity contribution in [3.63, 3.8) is 0 Å². The van der Waals surface area contributed by atoms with Crippen molar-refractivity contribution in [2.24, 2.45) is 0 Å². The van der Waals surface area contributed by atoms with E-state index in [-0.39, 0.29) is 16.4 Å². The third kappa shape index (κ3) is 4.14. The Kier molecular flexibility index (Phi) is 5.89. The Morgan fingerprint density at radius 2 is 2.06 bits per heavy atom. The van der Waals surface area contributed by atoms with Gasteiger partial charge in [0.25, 0.3) is 10.0 Å². The first-order valence-electron chi connectivity index (χ1n) is 5.32. The summed E-state index contributed by atoms with van der Waals surface area (Å²) in [6, 6.07) is 5.48. The van der Waals surface area contributed by atoms with E-state index < -0.39 is 21.1 Å². The van der Waals surface area contributed by atoms with Gasteiger partial charge in [-0.2, -0.15) is 0 Å². The van der Waals surface area contributed by atoms with Crippen LogP contribution in [0.1, 0.15) is 19.8 Å². The minimum absolute atomic E-state index is 0.177. The minimum Gasteiger partial charge on any atom is -0.302 e. The second-order valence-corrected chi connectivity index (χ2v) is 6.04. The molecule has 102 valence electrons. The van der Waals surface area contributed by atoms with Gasteiger partial charge in [0.15, 0.2) is 11.1 Å². The molecule has 0 amide bonds. The molecule has 0 radical (unpaired) electrons. The van der Waals surface area contributed by atoms with Crippen molar-refractivity contribution in [2.45, 2.75) is 29.6 Å². The molecule has 0 aliphatic carbocycles. The fourth-order valence-corrected chi connectivity index (χ4v) is 3.09. The van der Waals surface area contributed by atoms with Crippen molar-refractivity contribution in [3.05, 3.63) is 24.3 Å². The van der Waals surface area contributed by atoms with Crippen molar-refractivity contribution < 1.29 is 22.0 Å². The Balaban J connectivity index is 2.88. The van der Waals surface area contributed by atoms with Crippen molar-refractivity contribution in [2.75, 3.05) is 6.61 Å². The van der Waals surface area contributed by atoms with Crippen LogP contribution in [-0.2, 0) is 25.9 Å². The average molecular weight is 293 g/mol. The van der Waals surface area contributed by atoms with Crippen LogP contribution in [0.15, 0.2) is 34.1 Å². The summed E-state index contributed by atoms with van der Waals surface area (Å²) in [5, 5.41) is 0. The first kappa shape index (κ1) is 15.3. The molecule has 0 spiro atoms. The van der Waals surface area contributed by atoms with Crippen LogP contribution in [0.25, 0.3) is 0 Å². The van der Waals surface area contributed by atoms with Crippen LogP contribution in [-0.4, -0.2) is 23.8 Å². The number of unbranched alkanes of at least 4 members (excludes halogenated alkanes) is 1. The molecule has 0 bridgehead atoms. The summed E-state index contributed by atoms with van der Waals surface area (Å²) in [5.74, 6) is 0. The highest BCUT2D eigenvalue weighted by atomic mass is 32.2. The van der Waals surface area contributed by atoms with Crippen LogP contribution in [0.4, 0.5) is 0 Å². The lowest BCUT2D eigenvalue weighted by atomic mass is 10.4. The van der Waals surface area contributed by atoms with Crippen LogP contribution < -0.4 is 4.89 Å². The molecule has 0 fully saturated rings. The zero-order valence-electron chi connectivity index (χ0n) is 9.83. The maximum Gasteiger partial charge on any atom is 0.263 e. The molecule has 0 aliphatic rings. The number of hydrogen-bond acceptors (Lipinski definition) is 4. The lowest BCUT2D eigenvalue weighted by Crippen LogP contribution is -2.25. The van der Waals surface area contributed by atoms with Gasteiger partial charge in [0, 0.05) is 0 Å². The minimum atomic E-state index is -3.94. The van der Waals surface area contributed by atoms with Gasteiger partial charge in [0.2, 0.25) is 0 Å². The van der Waals surface area contributed by atoms with E-state index in [4.69, 9.17) is 9.39 Å². The Hall–Kier alpha value is -0.800. The van der Waals surface area contributed by atoms with Crippen LogP contribution in [0.3, 0.4) is 0 Å². The highest BCUT2D eigenvalue weighted by Crippen LogP contribution is 2.17. The Labute approximate surface area is 109 Å². The summed E-state index contributed by atoms with van der Waals surface area (Å²) >= 11 is -2.37. The van der Waals surface area contributed by atoms with Gasteiger partial charge >= 0.3 is 0 Å². The standard InChI is InChI=1S/C10H15NO5S2/c1-2-3-8-16-11-18(14,15)10-7-5-4-6-9(10)17(12)13/h4-7,11H,2-3,8H2,1H3,(H,12,13). The molecule has 0 aliphatic heterocycles. The molecule has 6 nitrogen and oxygen atoms in total. The maximum absolute atomic E-state index is 11.8. The van der Waals surface area contributed by atoms with Gasteiger partial charge in [-0.15, -0.1) is 0 Å². The van der Waals surface area contributed by atoms with Crippen molar-refractivity contribution >= 4 is 21.1 Å². The molecular formula is C10H15NO5S2. The summed E-state index contributed by atoms with van der Waals surface area (Å²) < 4.78 is 43.7. The van der Waals surface area contributed by atoms with E-state index in [9.17, 15) is 12.6 Å². The fourth-order valence-electron chi connectivity index (χ4n) is 1.20. The Morgan fingerprint density at radius 1 is 1.39 bits per heavy atom. The molecule has 0 saturated carbocycles. The summed E-state index contributed by atoms with van der Waals surface area (Å²) in [6.45, 7) is 2.20. The van der Waals surface area contributed by atoms with Crippen LogP contribution >= 0.6 is 0 Å². The quantitative estimate of drug-likeness (QED) is 0.449. The SMILES string of the molecule is CCCCONS(=O)(=O)c1ccccc1S(=O)O. The van der Waals surface area contributed by atoms with E-state index in [2.05, 4.69) is 0 Å². The van der Waals surface area contributed by atoms with E-state index in [1.54, 1.807) is 0 Å². The Morgan fingerprint density at radius 3 is 2.67 bits per heavy atom. The smallest absolute Gasteiger partial charge is 0.263 e. The molecule has 1 atom stereocenters. The third-order valence-corrected chi connectivity index (χ3v) is 4.23. The van der Waals surface area contributed by atoms with E-state index >= 15 is 0 Å². The second-order valence-electron chi connectivity index (χ2n) is 3.48. The van der Waals surface area contributed by atoms with Crippen molar-refractivity contribution in [3.8, 4) is 0 Å². The monoisotopic (exact) mass is 293 g/mol. The zero-order chi connectivity index (χ0) is 13.6. The van der Waals surface area contributed by atoms with E-state index in [0.29, 0.717) is 0 Å². The molecule has 1 rings (SSSR count). The van der Waals surface area contributed by atoms with Gasteiger partial charge in [-0.3, -0.25) is 4.84 Å². The summed E-state index contributed by atoms with van der Waals surface area (Å²) in [4.78, 5) is 6.30. The van der Waals surface area contributed by atoms with Gasteiger partial charge in [0.05, 0.1) is 11.5 Å². The highest BCUT2D eigenvalue weighted by molar-refractivity contribution is 7.90. The Bertz CT molecular complexity index is 515. The predicted molar refractivity (Wildman–Crippen MR) is 66.7 cm³/mol. The third-order valence-electron chi connectivity index (χ3n) is 2.10. The topological polar surface area (TPSA) is 92.7 Å². The van der Waals surface area contributed by atoms with Gasteiger partial charge in [-0.25, -0.2) is 12.6 Å². The molecule has 18 heavy (non-hydrogen) atoms. The normalized spacial score (nSPS) is 13.4. The summed E-state index contributed by atoms with van der Waals surface area (Å²) in [6.07, 6.45) is 1.59. The van der Waals surface area contributed by atoms with E-state index in [1.807, 2.05) is 11.8 Å². The first-order chi connectivity index (χ1) is 8.49. The number of rotatable bonds is 7. The molecule has 1 unspecified atom stereocenters. The number of benzene rings is 1. The van der Waals surface area contributed by atoms with E-state index in [1.165, 1.54) is 24.3 Å². The molecule has 1 aromatic carbocycles. The molecule has 8 heteroatoms. The van der Waals surface area contributed by atoms with E-state index in [0.717, 1.165) is 12.8 Å². The summed E-state index contributed by atoms with van der Waals surface area (Å²) in [5.41, 5.74) is 0. The number of sulfonamides is 1. The molecule has 0 heterocycles. The second kappa shape index (κ2) is 6.95. The zero-order valence-corrected chi connectivity index (χ0v) is 11.5. The molecule has 1 aromatic rings. The van der Waals surface area contributed by atoms with Gasteiger partial charge in [-0.1, -0.05) is 30.4 Å². The molecule has 2 N–H and O–H groups in total. The van der Waals surface area contributed by atoms with Crippen LogP contribution in [0.2, 0.25) is 0 Å². The summed E-state index contributed by atoms with van der Waals surface area (Å²) in [7, 11) is -3.94. The van der Waals surface area contributed by atoms with Gasteiger partial charge in [0.1, 0.15) is 4.90 Å².